The molecule has 0 N–H and O–H groups in total. The molecule has 0 bridgehead atoms. The smallest absolute Gasteiger partial charge is 0.240 e. The summed E-state index contributed by atoms with van der Waals surface area (Å²) in [5.41, 5.74) is 2.16. The maximum absolute atomic E-state index is 6.01. The third-order valence-corrected chi connectivity index (χ3v) is 4.19. The molecule has 0 saturated heterocycles. The molecule has 27 heavy (non-hydrogen) atoms. The Morgan fingerprint density at radius 3 is 2.74 bits per heavy atom. The van der Waals surface area contributed by atoms with Crippen molar-refractivity contribution in [1.29, 1.82) is 0 Å². The lowest BCUT2D eigenvalue weighted by Crippen LogP contribution is -2.03. The Bertz CT molecular complexity index is 1250. The van der Waals surface area contributed by atoms with Crippen LogP contribution in [0.2, 0.25) is 0 Å². The molecule has 0 spiro atoms. The summed E-state index contributed by atoms with van der Waals surface area (Å²) in [4.78, 5) is 4.11. The second-order valence-electron chi connectivity index (χ2n) is 6.08. The number of aryl methyl sites for hydroxylation is 1. The van der Waals surface area contributed by atoms with Crippen LogP contribution in [-0.4, -0.2) is 30.0 Å². The Morgan fingerprint density at radius 1 is 1.07 bits per heavy atom. The largest absolute Gasteiger partial charge is 0.471 e. The molecule has 8 heteroatoms. The Balaban J connectivity index is 1.66. The van der Waals surface area contributed by atoms with E-state index < -0.39 is 0 Å². The van der Waals surface area contributed by atoms with Gasteiger partial charge in [0.2, 0.25) is 11.7 Å². The van der Waals surface area contributed by atoms with Crippen molar-refractivity contribution in [2.45, 2.75) is 13.5 Å². The van der Waals surface area contributed by atoms with Crippen LogP contribution in [-0.2, 0) is 6.61 Å². The van der Waals surface area contributed by atoms with Crippen molar-refractivity contribution in [1.82, 2.24) is 30.0 Å². The van der Waals surface area contributed by atoms with Gasteiger partial charge in [-0.1, -0.05) is 29.4 Å². The van der Waals surface area contributed by atoms with Crippen LogP contribution >= 0.6 is 0 Å². The van der Waals surface area contributed by atoms with Gasteiger partial charge in [0, 0.05) is 34.8 Å². The molecule has 5 aromatic rings. The fourth-order valence-corrected chi connectivity index (χ4v) is 2.93. The maximum Gasteiger partial charge on any atom is 0.240 e. The summed E-state index contributed by atoms with van der Waals surface area (Å²) in [5.74, 6) is 1.68. The van der Waals surface area contributed by atoms with E-state index in [1.165, 1.54) is 0 Å². The van der Waals surface area contributed by atoms with Crippen molar-refractivity contribution in [3.63, 3.8) is 0 Å². The Labute approximate surface area is 153 Å². The van der Waals surface area contributed by atoms with Crippen LogP contribution in [0, 0.1) is 6.92 Å². The van der Waals surface area contributed by atoms with Crippen molar-refractivity contribution in [2.24, 2.45) is 0 Å². The van der Waals surface area contributed by atoms with Gasteiger partial charge >= 0.3 is 0 Å². The van der Waals surface area contributed by atoms with Gasteiger partial charge in [-0.25, -0.2) is 0 Å². The number of ether oxygens (including phenoxy) is 1. The third-order valence-electron chi connectivity index (χ3n) is 4.19. The van der Waals surface area contributed by atoms with Gasteiger partial charge in [-0.15, -0.1) is 15.3 Å². The summed E-state index contributed by atoms with van der Waals surface area (Å²) >= 11 is 0. The first-order chi connectivity index (χ1) is 13.3. The first-order valence-corrected chi connectivity index (χ1v) is 8.39. The van der Waals surface area contributed by atoms with Gasteiger partial charge in [-0.3, -0.25) is 4.98 Å². The monoisotopic (exact) mass is 358 g/mol. The van der Waals surface area contributed by atoms with Gasteiger partial charge in [0.05, 0.1) is 0 Å². The van der Waals surface area contributed by atoms with Gasteiger partial charge in [0.25, 0.3) is 0 Å². The first kappa shape index (κ1) is 15.4. The Hall–Kier alpha value is -3.81. The van der Waals surface area contributed by atoms with Crippen LogP contribution in [0.4, 0.5) is 0 Å². The quantitative estimate of drug-likeness (QED) is 0.487. The van der Waals surface area contributed by atoms with Crippen LogP contribution in [0.5, 0.6) is 5.88 Å². The number of aromatic nitrogens is 6. The highest BCUT2D eigenvalue weighted by atomic mass is 16.5. The Morgan fingerprint density at radius 2 is 1.96 bits per heavy atom. The highest BCUT2D eigenvalue weighted by molar-refractivity contribution is 5.96. The first-order valence-electron chi connectivity index (χ1n) is 8.39. The molecule has 132 valence electrons. The van der Waals surface area contributed by atoms with Gasteiger partial charge in [-0.05, 0) is 19.1 Å². The van der Waals surface area contributed by atoms with E-state index >= 15 is 0 Å². The molecule has 0 aliphatic carbocycles. The van der Waals surface area contributed by atoms with E-state index in [-0.39, 0.29) is 0 Å². The molecule has 0 amide bonds. The van der Waals surface area contributed by atoms with Gasteiger partial charge in [0.1, 0.15) is 12.4 Å². The van der Waals surface area contributed by atoms with Crippen molar-refractivity contribution in [2.75, 3.05) is 0 Å². The third kappa shape index (κ3) is 2.67. The van der Waals surface area contributed by atoms with E-state index in [0.29, 0.717) is 35.4 Å². The molecule has 0 unspecified atom stereocenters. The number of fused-ring (bicyclic) bond motifs is 3. The zero-order valence-electron chi connectivity index (χ0n) is 14.4. The van der Waals surface area contributed by atoms with E-state index in [9.17, 15) is 0 Å². The molecule has 0 atom stereocenters. The lowest BCUT2D eigenvalue weighted by atomic mass is 10.2. The molecule has 5 rings (SSSR count). The van der Waals surface area contributed by atoms with Crippen molar-refractivity contribution >= 4 is 16.4 Å². The minimum Gasteiger partial charge on any atom is -0.471 e. The van der Waals surface area contributed by atoms with Crippen molar-refractivity contribution in [3.8, 4) is 17.4 Å². The summed E-state index contributed by atoms with van der Waals surface area (Å²) in [5, 5.41) is 19.0. The predicted octanol–water partition coefficient (Wildman–Crippen LogP) is 3.21. The summed E-state index contributed by atoms with van der Waals surface area (Å²) in [6, 6.07) is 13.4. The molecule has 0 radical (unpaired) electrons. The van der Waals surface area contributed by atoms with Crippen LogP contribution in [0.3, 0.4) is 0 Å². The van der Waals surface area contributed by atoms with Crippen LogP contribution in [0.25, 0.3) is 27.9 Å². The van der Waals surface area contributed by atoms with Crippen molar-refractivity contribution < 1.29 is 9.26 Å². The second kappa shape index (κ2) is 6.17. The molecule has 0 aliphatic rings. The molecule has 1 aromatic carbocycles. The summed E-state index contributed by atoms with van der Waals surface area (Å²) < 4.78 is 12.8. The maximum atomic E-state index is 6.01. The van der Waals surface area contributed by atoms with Gasteiger partial charge in [0.15, 0.2) is 11.3 Å². The summed E-state index contributed by atoms with van der Waals surface area (Å²) in [6.45, 7) is 2.18. The molecule has 4 heterocycles. The van der Waals surface area contributed by atoms with E-state index in [1.54, 1.807) is 23.0 Å². The van der Waals surface area contributed by atoms with Crippen LogP contribution in [0.15, 0.2) is 59.4 Å². The predicted molar refractivity (Wildman–Crippen MR) is 97.1 cm³/mol. The topological polar surface area (TPSA) is 91.2 Å². The lowest BCUT2D eigenvalue weighted by molar-refractivity contribution is 0.293. The SMILES string of the molecule is Cc1cc(-c2nnc3c4ccccc4c(OCc4cccnc4)nn23)no1. The number of nitrogens with zero attached hydrogens (tertiary/aromatic N) is 6. The van der Waals surface area contributed by atoms with E-state index in [2.05, 4.69) is 25.4 Å². The van der Waals surface area contributed by atoms with Crippen LogP contribution in [0.1, 0.15) is 11.3 Å². The molecule has 0 saturated carbocycles. The van der Waals surface area contributed by atoms with E-state index in [4.69, 9.17) is 9.26 Å². The number of benzene rings is 1. The van der Waals surface area contributed by atoms with E-state index in [1.807, 2.05) is 43.3 Å². The normalized spacial score (nSPS) is 11.3. The Kier molecular flexibility index (Phi) is 3.53. The van der Waals surface area contributed by atoms with Crippen molar-refractivity contribution in [3.05, 3.63) is 66.2 Å². The fraction of sp³-hybridized carbons (Fsp3) is 0.105. The molecule has 8 nitrogen and oxygen atoms in total. The van der Waals surface area contributed by atoms with Gasteiger partial charge in [-0.2, -0.15) is 4.52 Å². The average Bonchev–Trinajstić information content (AvgIpc) is 3.33. The second-order valence-corrected chi connectivity index (χ2v) is 6.08. The summed E-state index contributed by atoms with van der Waals surface area (Å²) in [6.07, 6.45) is 3.50. The average molecular weight is 358 g/mol. The number of pyridine rings is 1. The molecular formula is C19H14N6O2. The van der Waals surface area contributed by atoms with Gasteiger partial charge < -0.3 is 9.26 Å². The molecule has 0 fully saturated rings. The highest BCUT2D eigenvalue weighted by Gasteiger charge is 2.18. The minimum absolute atomic E-state index is 0.358. The van der Waals surface area contributed by atoms with Crippen LogP contribution < -0.4 is 4.74 Å². The zero-order chi connectivity index (χ0) is 18.2. The number of hydrogen-bond acceptors (Lipinski definition) is 7. The fourth-order valence-electron chi connectivity index (χ4n) is 2.93. The zero-order valence-corrected chi connectivity index (χ0v) is 14.4. The molecule has 0 aliphatic heterocycles. The lowest BCUT2D eigenvalue weighted by Gasteiger charge is -2.09. The minimum atomic E-state index is 0.358. The standard InChI is InChI=1S/C19H14N6O2/c1-12-9-16(24-27-12)18-22-21-17-14-6-2-3-7-15(14)19(23-25(17)18)26-11-13-5-4-8-20-10-13/h2-10H,11H2,1H3. The number of rotatable bonds is 4. The van der Waals surface area contributed by atoms with E-state index in [0.717, 1.165) is 16.3 Å². The number of hydrogen-bond donors (Lipinski definition) is 0. The highest BCUT2D eigenvalue weighted by Crippen LogP contribution is 2.29. The molecule has 4 aromatic heterocycles. The molecular weight excluding hydrogens is 344 g/mol. The summed E-state index contributed by atoms with van der Waals surface area (Å²) in [7, 11) is 0.